The summed E-state index contributed by atoms with van der Waals surface area (Å²) in [6.45, 7) is 13.5. The normalized spacial score (nSPS) is 11.3. The molecule has 0 saturated heterocycles. The standard InChI is InChI=1S/2C29H25O.2ClH.Zr/c2*1-29(2,3)24-14-12-20(13-15-24)25-11-7-10-22-18-23(19-26(22)25)28-17-16-27(30-28)21-8-5-4-6-9-21;;;/h2*4-19H,1-3H3;2*1H;/q2*-1;;;+4/p-2. The topological polar surface area (TPSA) is 26.3 Å². The number of hydrogen-bond donors (Lipinski definition) is 0. The van der Waals surface area contributed by atoms with Gasteiger partial charge in [0.05, 0.1) is 11.5 Å². The smallest absolute Gasteiger partial charge is 1.00 e. The molecule has 0 radical (unpaired) electrons. The summed E-state index contributed by atoms with van der Waals surface area (Å²) in [7, 11) is 0. The summed E-state index contributed by atoms with van der Waals surface area (Å²) in [4.78, 5) is 0. The monoisotopic (exact) mass is 938 g/mol. The third-order valence-electron chi connectivity index (χ3n) is 11.5. The van der Waals surface area contributed by atoms with Gasteiger partial charge < -0.3 is 33.6 Å². The molecule has 2 heterocycles. The number of benzene rings is 6. The molecule has 2 nitrogen and oxygen atoms in total. The summed E-state index contributed by atoms with van der Waals surface area (Å²) in [5, 5.41) is 4.99. The van der Waals surface area contributed by atoms with Crippen molar-refractivity contribution >= 4 is 21.5 Å². The van der Waals surface area contributed by atoms with Crippen molar-refractivity contribution in [1.29, 1.82) is 0 Å². The van der Waals surface area contributed by atoms with Gasteiger partial charge in [-0.15, -0.1) is 57.9 Å². The first-order chi connectivity index (χ1) is 29.0. The Bertz CT molecular complexity index is 2810. The summed E-state index contributed by atoms with van der Waals surface area (Å²) in [6, 6.07) is 68.6. The van der Waals surface area contributed by atoms with Crippen molar-refractivity contribution in [2.24, 2.45) is 0 Å². The fourth-order valence-electron chi connectivity index (χ4n) is 8.06. The van der Waals surface area contributed by atoms with Gasteiger partial charge in [0, 0.05) is 11.1 Å². The predicted octanol–water partition coefficient (Wildman–Crippen LogP) is 10.9. The van der Waals surface area contributed by atoms with Gasteiger partial charge in [-0.2, -0.15) is 0 Å². The van der Waals surface area contributed by atoms with E-state index in [4.69, 9.17) is 8.83 Å². The second kappa shape index (κ2) is 19.5. The molecule has 0 atom stereocenters. The van der Waals surface area contributed by atoms with Gasteiger partial charge in [0.25, 0.3) is 0 Å². The van der Waals surface area contributed by atoms with Crippen LogP contribution < -0.4 is 24.8 Å². The van der Waals surface area contributed by atoms with Crippen LogP contribution in [0.2, 0.25) is 0 Å². The van der Waals surface area contributed by atoms with Crippen molar-refractivity contribution in [3.63, 3.8) is 0 Å². The van der Waals surface area contributed by atoms with E-state index in [2.05, 4.69) is 199 Å². The quantitative estimate of drug-likeness (QED) is 0.155. The van der Waals surface area contributed by atoms with E-state index in [1.54, 1.807) is 0 Å². The first kappa shape index (κ1) is 47.1. The number of hydrogen-bond acceptors (Lipinski definition) is 2. The molecule has 8 aromatic carbocycles. The van der Waals surface area contributed by atoms with Gasteiger partial charge in [-0.3, -0.25) is 0 Å². The van der Waals surface area contributed by atoms with Crippen LogP contribution in [-0.4, -0.2) is 0 Å². The van der Waals surface area contributed by atoms with Crippen molar-refractivity contribution in [2.75, 3.05) is 0 Å². The Balaban J connectivity index is 0.000000200. The zero-order valence-corrected chi connectivity index (χ0v) is 40.5. The molecule has 2 aromatic heterocycles. The number of fused-ring (bicyclic) bond motifs is 2. The molecule has 0 spiro atoms. The van der Waals surface area contributed by atoms with Crippen LogP contribution in [0.4, 0.5) is 0 Å². The summed E-state index contributed by atoms with van der Waals surface area (Å²) in [5.74, 6) is 3.60. The zero-order chi connectivity index (χ0) is 41.4. The maximum absolute atomic E-state index is 6.18. The van der Waals surface area contributed by atoms with Crippen LogP contribution in [0.1, 0.15) is 52.7 Å². The molecule has 0 amide bonds. The summed E-state index contributed by atoms with van der Waals surface area (Å²) < 4.78 is 12.4. The second-order valence-corrected chi connectivity index (χ2v) is 17.8. The van der Waals surface area contributed by atoms with E-state index in [1.807, 2.05) is 36.4 Å². The Labute approximate surface area is 403 Å². The zero-order valence-electron chi connectivity index (χ0n) is 36.5. The SMILES string of the molecule is CC(C)(C)c1ccc(-c2cccc3[cH-]c(-c4ccc(-c5ccccc5)o4)cc23)cc1.CC(C)(C)c1ccc(-c2cccc3[cH-]c(-c4ccc(-c5ccccc5)o4)cc23)cc1.[Cl-].[Cl-].[Zr+4]. The minimum absolute atomic E-state index is 0. The first-order valence-electron chi connectivity index (χ1n) is 20.9. The van der Waals surface area contributed by atoms with Crippen molar-refractivity contribution in [3.05, 3.63) is 205 Å². The molecule has 312 valence electrons. The maximum Gasteiger partial charge on any atom is 4.00 e. The molecular weight excluding hydrogens is 891 g/mol. The molecule has 0 bridgehead atoms. The average molecular weight is 941 g/mol. The Morgan fingerprint density at radius 1 is 0.349 bits per heavy atom. The van der Waals surface area contributed by atoms with E-state index < -0.39 is 0 Å². The summed E-state index contributed by atoms with van der Waals surface area (Å²) in [6.07, 6.45) is 0. The molecule has 0 aliphatic carbocycles. The van der Waals surface area contributed by atoms with Crippen LogP contribution in [0.5, 0.6) is 0 Å². The van der Waals surface area contributed by atoms with Gasteiger partial charge in [-0.1, -0.05) is 197 Å². The van der Waals surface area contributed by atoms with Crippen molar-refractivity contribution in [1.82, 2.24) is 0 Å². The van der Waals surface area contributed by atoms with Gasteiger partial charge in [-0.25, -0.2) is 0 Å². The van der Waals surface area contributed by atoms with Gasteiger partial charge in [0.15, 0.2) is 0 Å². The average Bonchev–Trinajstić information content (AvgIpc) is 4.10. The Kier molecular flexibility index (Phi) is 14.6. The van der Waals surface area contributed by atoms with Crippen LogP contribution >= 0.6 is 0 Å². The van der Waals surface area contributed by atoms with Crippen LogP contribution in [0, 0.1) is 0 Å². The third-order valence-corrected chi connectivity index (χ3v) is 11.5. The van der Waals surface area contributed by atoms with Crippen LogP contribution in [0.25, 0.3) is 89.1 Å². The molecule has 0 fully saturated rings. The van der Waals surface area contributed by atoms with Gasteiger partial charge in [0.1, 0.15) is 11.5 Å². The molecule has 0 N–H and O–H groups in total. The Hall–Kier alpha value is -5.44. The van der Waals surface area contributed by atoms with Crippen molar-refractivity contribution in [2.45, 2.75) is 52.4 Å². The van der Waals surface area contributed by atoms with E-state index in [0.717, 1.165) is 45.3 Å². The molecule has 0 aliphatic heterocycles. The molecule has 5 heteroatoms. The summed E-state index contributed by atoms with van der Waals surface area (Å²) >= 11 is 0. The fraction of sp³-hybridized carbons (Fsp3) is 0.138. The molecular formula is C58H50Cl2O2Zr. The van der Waals surface area contributed by atoms with E-state index in [9.17, 15) is 0 Å². The van der Waals surface area contributed by atoms with E-state index >= 15 is 0 Å². The van der Waals surface area contributed by atoms with E-state index in [-0.39, 0.29) is 61.8 Å². The van der Waals surface area contributed by atoms with E-state index in [0.29, 0.717) is 0 Å². The van der Waals surface area contributed by atoms with Crippen LogP contribution in [-0.2, 0) is 37.0 Å². The Morgan fingerprint density at radius 2 is 0.698 bits per heavy atom. The number of rotatable bonds is 6. The second-order valence-electron chi connectivity index (χ2n) is 17.8. The first-order valence-corrected chi connectivity index (χ1v) is 20.9. The Morgan fingerprint density at radius 3 is 1.05 bits per heavy atom. The molecule has 63 heavy (non-hydrogen) atoms. The molecule has 10 rings (SSSR count). The third kappa shape index (κ3) is 10.2. The molecule has 0 aliphatic rings. The predicted molar refractivity (Wildman–Crippen MR) is 254 cm³/mol. The van der Waals surface area contributed by atoms with Crippen LogP contribution in [0.15, 0.2) is 203 Å². The number of furan rings is 2. The molecule has 0 unspecified atom stereocenters. The van der Waals surface area contributed by atoms with Crippen molar-refractivity contribution < 1.29 is 59.9 Å². The molecule has 10 aromatic rings. The minimum atomic E-state index is 0. The van der Waals surface area contributed by atoms with Crippen LogP contribution in [0.3, 0.4) is 0 Å². The minimum Gasteiger partial charge on any atom is -1.00 e. The largest absolute Gasteiger partial charge is 4.00 e. The van der Waals surface area contributed by atoms with Gasteiger partial charge >= 0.3 is 26.2 Å². The number of halogens is 2. The van der Waals surface area contributed by atoms with E-state index in [1.165, 1.54) is 54.9 Å². The van der Waals surface area contributed by atoms with Crippen molar-refractivity contribution in [3.8, 4) is 67.5 Å². The maximum atomic E-state index is 6.18. The van der Waals surface area contributed by atoms with Gasteiger partial charge in [-0.05, 0) is 57.3 Å². The molecule has 0 saturated carbocycles. The summed E-state index contributed by atoms with van der Waals surface area (Å²) in [5.41, 5.74) is 12.5. The fourth-order valence-corrected chi connectivity index (χ4v) is 8.06. The van der Waals surface area contributed by atoms with Gasteiger partial charge in [0.2, 0.25) is 0 Å².